The predicted molar refractivity (Wildman–Crippen MR) is 249 cm³/mol. The van der Waals surface area contributed by atoms with E-state index in [2.05, 4.69) is 53.0 Å². The fourth-order valence-corrected chi connectivity index (χ4v) is 13.4. The molecule has 434 valence electrons. The van der Waals surface area contributed by atoms with Crippen LogP contribution in [-0.4, -0.2) is 159 Å². The van der Waals surface area contributed by atoms with Gasteiger partial charge >= 0.3 is 5.65 Å². The van der Waals surface area contributed by atoms with E-state index in [1.807, 2.05) is 0 Å². The molecule has 6 aromatic rings. The number of imidazole rings is 3. The molecule has 79 heavy (non-hydrogen) atoms. The standard InChI is InChI=1S/C37H52N14O24P4/c1-14(2)69-25-17(71-34(23(25)53)50-12-43-20-30(50)44-15(3)45-32(20)54)8-66-76(56,57)73-26-18(72-36(27(26)65-6)49-11-42-19-28(38)40-10-41-29(19)49)9-68-78(60,61)75-79(62,63)74-77(58,59)67-7-16-24(64-5)22(52)35(70-16)51-13-48(4)21-31(51)46-37(39)47-33(21)55/h10-14,16-18,22-27,34-36,52-53H,7-9H2,1-6H3,(H9-,38,39,40,41,44,45,46,47,54,55,56,57,58,59,60,61,62,63)/p-3/t16-,17-,18-,22+,23?,24?,25+,26+,27?,34-,35-,36-/m1/s1. The van der Waals surface area contributed by atoms with Crippen LogP contribution in [0.25, 0.3) is 33.5 Å². The van der Waals surface area contributed by atoms with Gasteiger partial charge < -0.3 is 92.8 Å². The van der Waals surface area contributed by atoms with Gasteiger partial charge in [-0.15, -0.1) is 0 Å². The number of hydrogen-bond donors (Lipinski definition) is 6. The lowest BCUT2D eigenvalue weighted by Crippen LogP contribution is -2.46. The maximum absolute atomic E-state index is 13.8. The number of nitrogens with two attached hydrogens (primary N) is 2. The summed E-state index contributed by atoms with van der Waals surface area (Å²) in [4.78, 5) is 107. The molecule has 6 aromatic heterocycles. The van der Waals surface area contributed by atoms with Gasteiger partial charge in [0.1, 0.15) is 72.6 Å². The van der Waals surface area contributed by atoms with E-state index in [1.54, 1.807) is 13.8 Å². The minimum Gasteiger partial charge on any atom is -0.756 e. The fraction of sp³-hybridized carbons (Fsp3) is 0.595. The third kappa shape index (κ3) is 12.2. The van der Waals surface area contributed by atoms with Crippen LogP contribution in [0.3, 0.4) is 0 Å². The number of nitrogen functional groups attached to an aromatic ring is 2. The van der Waals surface area contributed by atoms with E-state index in [0.717, 1.165) is 26.9 Å². The van der Waals surface area contributed by atoms with E-state index in [4.69, 9.17) is 53.5 Å². The maximum Gasteiger partial charge on any atom is 0.313 e. The van der Waals surface area contributed by atoms with Crippen molar-refractivity contribution in [3.8, 4) is 0 Å². The number of nitrogens with one attached hydrogen (secondary N) is 2. The highest BCUT2D eigenvalue weighted by molar-refractivity contribution is 7.65. The van der Waals surface area contributed by atoms with E-state index < -0.39 is 142 Å². The number of phosphoric acid groups is 4. The third-order valence-corrected chi connectivity index (χ3v) is 17.4. The normalized spacial score (nSPS) is 29.6. The zero-order chi connectivity index (χ0) is 57.3. The minimum atomic E-state index is -6.56. The Labute approximate surface area is 441 Å². The zero-order valence-electron chi connectivity index (χ0n) is 41.7. The molecule has 0 spiro atoms. The summed E-state index contributed by atoms with van der Waals surface area (Å²) in [5.74, 6) is -0.178. The number of hydrogen-bond acceptors (Lipinski definition) is 32. The number of aromatic nitrogens is 12. The summed E-state index contributed by atoms with van der Waals surface area (Å²) in [6.07, 6.45) is -14.4. The minimum absolute atomic E-state index is 0.00339. The van der Waals surface area contributed by atoms with Gasteiger partial charge in [0.25, 0.3) is 48.4 Å². The second-order valence-corrected chi connectivity index (χ2v) is 23.8. The van der Waals surface area contributed by atoms with Gasteiger partial charge in [-0.2, -0.15) is 0 Å². The number of H-pyrrole nitrogens is 2. The highest BCUT2D eigenvalue weighted by atomic mass is 31.3. The van der Waals surface area contributed by atoms with E-state index >= 15 is 0 Å². The molecule has 9 rings (SSSR count). The van der Waals surface area contributed by atoms with Crippen molar-refractivity contribution in [3.05, 3.63) is 51.8 Å². The molecule has 42 heteroatoms. The Bertz CT molecular complexity index is 3560. The van der Waals surface area contributed by atoms with Gasteiger partial charge in [-0.3, -0.25) is 46.5 Å². The highest BCUT2D eigenvalue weighted by Crippen LogP contribution is 2.63. The molecule has 3 fully saturated rings. The maximum atomic E-state index is 13.8. The largest absolute Gasteiger partial charge is 0.756 e. The van der Waals surface area contributed by atoms with Crippen molar-refractivity contribution in [2.24, 2.45) is 7.05 Å². The van der Waals surface area contributed by atoms with E-state index in [9.17, 15) is 57.6 Å². The fourth-order valence-electron chi connectivity index (χ4n) is 9.10. The quantitative estimate of drug-likeness (QED) is 0.0276. The predicted octanol–water partition coefficient (Wildman–Crippen LogP) is -4.43. The van der Waals surface area contributed by atoms with Gasteiger partial charge in [0.15, 0.2) is 41.4 Å². The SMILES string of the molecule is COC1[C@@H](OP(=O)([O-])OC[C@H]2O[C@@H](n3cnc4c(=O)[nH]c(C)nc43)C(O)[C@H]2OC(C)C)[C@@H](COP(=O)([O-])OP(=O)([O-])OP(=O)([O-])OC[C@H]2O[C@@H]([n+]3cn(C)c4c(=O)[nH]c(N)nc43)[C@@H](O)C2OC)O[C@H]1n1cnc2c(N)ncnc21. The Balaban J connectivity index is 0.882. The Kier molecular flexibility index (Phi) is 16.7. The molecule has 8 N–H and O–H groups in total. The van der Waals surface area contributed by atoms with Gasteiger partial charge in [0.2, 0.25) is 11.7 Å². The van der Waals surface area contributed by atoms with Crippen LogP contribution in [0.15, 0.2) is 34.9 Å². The summed E-state index contributed by atoms with van der Waals surface area (Å²) in [7, 11) is -21.0. The van der Waals surface area contributed by atoms with Gasteiger partial charge in [-0.1, -0.05) is 4.98 Å². The molecule has 0 saturated carbocycles. The first-order valence-electron chi connectivity index (χ1n) is 23.0. The molecule has 0 aliphatic carbocycles. The van der Waals surface area contributed by atoms with Gasteiger partial charge in [0, 0.05) is 14.2 Å². The second-order valence-electron chi connectivity index (χ2n) is 18.0. The monoisotopic (exact) mass is 1200 g/mol. The van der Waals surface area contributed by atoms with Crippen LogP contribution >= 0.6 is 31.3 Å². The molecule has 0 amide bonds. The van der Waals surface area contributed by atoms with Crippen LogP contribution in [0.5, 0.6) is 0 Å². The first-order valence-corrected chi connectivity index (χ1v) is 28.9. The first-order chi connectivity index (χ1) is 37.1. The Hall–Kier alpha value is -4.95. The van der Waals surface area contributed by atoms with Crippen LogP contribution in [0.1, 0.15) is 38.4 Å². The number of anilines is 2. The first kappa shape index (κ1) is 58.7. The number of aromatic amines is 2. The second kappa shape index (κ2) is 22.4. The van der Waals surface area contributed by atoms with E-state index in [-0.39, 0.29) is 51.1 Å². The van der Waals surface area contributed by atoms with Crippen LogP contribution in [0, 0.1) is 6.92 Å². The Morgan fingerprint density at radius 1 is 0.722 bits per heavy atom. The molecule has 0 radical (unpaired) electrons. The molecular weight excluding hydrogens is 1150 g/mol. The highest BCUT2D eigenvalue weighted by Gasteiger charge is 2.52. The smallest absolute Gasteiger partial charge is 0.313 e. The van der Waals surface area contributed by atoms with Crippen LogP contribution in [-0.2, 0) is 80.4 Å². The number of aliphatic hydroxyl groups excluding tert-OH is 2. The Morgan fingerprint density at radius 2 is 1.30 bits per heavy atom. The van der Waals surface area contributed by atoms with Gasteiger partial charge in [-0.05, 0) is 20.8 Å². The number of nitrogens with zero attached hydrogens (tertiary/aromatic N) is 10. The van der Waals surface area contributed by atoms with Crippen molar-refractivity contribution >= 4 is 76.5 Å². The van der Waals surface area contributed by atoms with Crippen LogP contribution < -0.4 is 46.7 Å². The lowest BCUT2D eigenvalue weighted by atomic mass is 10.1. The van der Waals surface area contributed by atoms with Crippen molar-refractivity contribution in [2.45, 2.75) is 100 Å². The molecule has 3 aliphatic rings. The average molecular weight is 1200 g/mol. The van der Waals surface area contributed by atoms with Crippen molar-refractivity contribution < 1.29 is 108 Å². The molecule has 7 unspecified atom stereocenters. The molecule has 0 bridgehead atoms. The molecule has 16 atom stereocenters. The van der Waals surface area contributed by atoms with Crippen LogP contribution in [0.4, 0.5) is 11.8 Å². The zero-order valence-corrected chi connectivity index (χ0v) is 45.3. The summed E-state index contributed by atoms with van der Waals surface area (Å²) >= 11 is 0. The molecular formula is C37H49N14O24P4-3. The van der Waals surface area contributed by atoms with E-state index in [1.165, 1.54) is 44.9 Å². The van der Waals surface area contributed by atoms with Gasteiger partial charge in [-0.25, -0.2) is 38.1 Å². The molecule has 38 nitrogen and oxygen atoms in total. The topological polar surface area (TPSA) is 526 Å². The van der Waals surface area contributed by atoms with E-state index in [0.29, 0.717) is 0 Å². The third-order valence-electron chi connectivity index (χ3n) is 12.3. The lowest BCUT2D eigenvalue weighted by Gasteiger charge is -2.35. The molecule has 9 heterocycles. The molecule has 0 aromatic carbocycles. The summed E-state index contributed by atoms with van der Waals surface area (Å²) < 4.78 is 120. The number of aliphatic hydroxyl groups is 2. The number of methoxy groups -OCH3 is 2. The van der Waals surface area contributed by atoms with Gasteiger partial charge in [0.05, 0.1) is 45.6 Å². The number of rotatable bonds is 22. The van der Waals surface area contributed by atoms with Crippen LogP contribution in [0.2, 0.25) is 0 Å². The summed E-state index contributed by atoms with van der Waals surface area (Å²) in [5, 5.41) is 22.5. The average Bonchev–Trinajstić information content (AvgIpc) is 4.40. The number of ether oxygens (including phenoxy) is 6. The Morgan fingerprint density at radius 3 is 1.94 bits per heavy atom. The summed E-state index contributed by atoms with van der Waals surface area (Å²) in [6, 6.07) is 0. The van der Waals surface area contributed by atoms with Crippen molar-refractivity contribution in [2.75, 3.05) is 45.5 Å². The number of aryl methyl sites for hydroxylation is 2. The van der Waals surface area contributed by atoms with Crippen molar-refractivity contribution in [3.63, 3.8) is 0 Å². The summed E-state index contributed by atoms with van der Waals surface area (Å²) in [6.45, 7) is 1.38. The van der Waals surface area contributed by atoms with Crippen molar-refractivity contribution in [1.82, 2.24) is 53.6 Å². The molecule has 3 aliphatic heterocycles. The number of fused-ring (bicyclic) bond motifs is 3. The lowest BCUT2D eigenvalue weighted by molar-refractivity contribution is -0.745. The van der Waals surface area contributed by atoms with Crippen molar-refractivity contribution in [1.29, 1.82) is 0 Å². The molecule has 3 saturated heterocycles. The summed E-state index contributed by atoms with van der Waals surface area (Å²) in [5.41, 5.74) is 10.3. The number of phosphoric ester groups is 3.